The fraction of sp³-hybridized carbons (Fsp3) is 0.300. The second kappa shape index (κ2) is 6.59. The largest absolute Gasteiger partial charge is 0.337 e. The van der Waals surface area contributed by atoms with Crippen LogP contribution in [0.5, 0.6) is 0 Å². The standard InChI is InChI=1S/C20H22N4O/c1-16-6-7-19(22-9-2-3-10-22)18(13-16)20(25)23-11-4-5-17(14-23)24-12-8-21-15-24/h2-3,6-10,12-13,15,17H,4-5,11,14H2,1H3/t17-/m0/s1. The van der Waals surface area contributed by atoms with E-state index in [4.69, 9.17) is 0 Å². The molecule has 3 aromatic rings. The molecule has 1 aliphatic rings. The maximum Gasteiger partial charge on any atom is 0.256 e. The van der Waals surface area contributed by atoms with Crippen LogP contribution in [-0.4, -0.2) is 38.0 Å². The number of nitrogens with zero attached hydrogens (tertiary/aromatic N) is 4. The second-order valence-electron chi connectivity index (χ2n) is 6.67. The van der Waals surface area contributed by atoms with E-state index in [0.717, 1.165) is 42.7 Å². The number of imidazole rings is 1. The van der Waals surface area contributed by atoms with Crippen LogP contribution < -0.4 is 0 Å². The van der Waals surface area contributed by atoms with E-state index in [9.17, 15) is 4.79 Å². The van der Waals surface area contributed by atoms with Gasteiger partial charge in [-0.25, -0.2) is 4.98 Å². The number of aryl methyl sites for hydroxylation is 1. The van der Waals surface area contributed by atoms with Crippen molar-refractivity contribution in [3.63, 3.8) is 0 Å². The zero-order valence-electron chi connectivity index (χ0n) is 14.4. The molecule has 25 heavy (non-hydrogen) atoms. The van der Waals surface area contributed by atoms with Crippen LogP contribution in [0, 0.1) is 6.92 Å². The van der Waals surface area contributed by atoms with Gasteiger partial charge in [0, 0.05) is 37.9 Å². The van der Waals surface area contributed by atoms with Crippen molar-refractivity contribution in [1.82, 2.24) is 19.0 Å². The highest BCUT2D eigenvalue weighted by molar-refractivity contribution is 5.98. The van der Waals surface area contributed by atoms with E-state index >= 15 is 0 Å². The van der Waals surface area contributed by atoms with Gasteiger partial charge in [0.15, 0.2) is 0 Å². The molecule has 4 rings (SSSR count). The third-order valence-corrected chi connectivity index (χ3v) is 4.90. The summed E-state index contributed by atoms with van der Waals surface area (Å²) >= 11 is 0. The van der Waals surface area contributed by atoms with Gasteiger partial charge in [0.05, 0.1) is 23.6 Å². The van der Waals surface area contributed by atoms with Crippen LogP contribution in [0.25, 0.3) is 5.69 Å². The number of benzene rings is 1. The van der Waals surface area contributed by atoms with Crippen LogP contribution in [0.1, 0.15) is 34.8 Å². The van der Waals surface area contributed by atoms with Gasteiger partial charge in [-0.3, -0.25) is 4.79 Å². The lowest BCUT2D eigenvalue weighted by atomic mass is 10.0. The van der Waals surface area contributed by atoms with Gasteiger partial charge in [0.25, 0.3) is 5.91 Å². The Kier molecular flexibility index (Phi) is 4.14. The summed E-state index contributed by atoms with van der Waals surface area (Å²) in [6.07, 6.45) is 11.7. The average Bonchev–Trinajstić information content (AvgIpc) is 3.35. The first-order valence-corrected chi connectivity index (χ1v) is 8.73. The fourth-order valence-electron chi connectivity index (χ4n) is 3.58. The van der Waals surface area contributed by atoms with Crippen LogP contribution in [0.2, 0.25) is 0 Å². The second-order valence-corrected chi connectivity index (χ2v) is 6.67. The molecule has 1 aromatic carbocycles. The number of aromatic nitrogens is 3. The molecule has 2 aromatic heterocycles. The van der Waals surface area contributed by atoms with E-state index in [1.807, 2.05) is 65.6 Å². The summed E-state index contributed by atoms with van der Waals surface area (Å²) in [6.45, 7) is 3.57. The number of rotatable bonds is 3. The molecule has 0 N–H and O–H groups in total. The molecule has 1 saturated heterocycles. The average molecular weight is 334 g/mol. The number of amides is 1. The van der Waals surface area contributed by atoms with E-state index in [-0.39, 0.29) is 5.91 Å². The molecule has 0 spiro atoms. The van der Waals surface area contributed by atoms with Crippen molar-refractivity contribution in [2.45, 2.75) is 25.8 Å². The predicted molar refractivity (Wildman–Crippen MR) is 96.9 cm³/mol. The molecule has 0 radical (unpaired) electrons. The molecule has 5 nitrogen and oxygen atoms in total. The van der Waals surface area contributed by atoms with Gasteiger partial charge >= 0.3 is 0 Å². The minimum absolute atomic E-state index is 0.109. The van der Waals surface area contributed by atoms with Crippen LogP contribution in [0.15, 0.2) is 61.4 Å². The van der Waals surface area contributed by atoms with Crippen LogP contribution >= 0.6 is 0 Å². The maximum absolute atomic E-state index is 13.3. The van der Waals surface area contributed by atoms with Gasteiger partial charge in [-0.1, -0.05) is 11.6 Å². The summed E-state index contributed by atoms with van der Waals surface area (Å²) in [5, 5.41) is 0. The number of hydrogen-bond donors (Lipinski definition) is 0. The molecule has 1 fully saturated rings. The summed E-state index contributed by atoms with van der Waals surface area (Å²) in [7, 11) is 0. The number of piperidine rings is 1. The van der Waals surface area contributed by atoms with E-state index in [2.05, 4.69) is 15.6 Å². The Labute approximate surface area is 147 Å². The van der Waals surface area contributed by atoms with E-state index in [0.29, 0.717) is 6.04 Å². The molecular formula is C20H22N4O. The first-order valence-electron chi connectivity index (χ1n) is 8.73. The van der Waals surface area contributed by atoms with E-state index in [1.54, 1.807) is 6.20 Å². The lowest BCUT2D eigenvalue weighted by Gasteiger charge is -2.34. The molecule has 5 heteroatoms. The lowest BCUT2D eigenvalue weighted by Crippen LogP contribution is -2.40. The zero-order chi connectivity index (χ0) is 17.2. The molecule has 0 unspecified atom stereocenters. The summed E-state index contributed by atoms with van der Waals surface area (Å²) in [4.78, 5) is 19.4. The number of hydrogen-bond acceptors (Lipinski definition) is 2. The van der Waals surface area contributed by atoms with E-state index in [1.165, 1.54) is 0 Å². The molecule has 1 atom stereocenters. The van der Waals surface area contributed by atoms with Gasteiger partial charge in [0.1, 0.15) is 0 Å². The molecule has 128 valence electrons. The highest BCUT2D eigenvalue weighted by atomic mass is 16.2. The Balaban J connectivity index is 1.63. The Hall–Kier alpha value is -2.82. The third-order valence-electron chi connectivity index (χ3n) is 4.90. The van der Waals surface area contributed by atoms with Gasteiger partial charge in [0.2, 0.25) is 0 Å². The highest BCUT2D eigenvalue weighted by Crippen LogP contribution is 2.25. The van der Waals surface area contributed by atoms with Crippen molar-refractivity contribution >= 4 is 5.91 Å². The zero-order valence-corrected chi connectivity index (χ0v) is 14.4. The van der Waals surface area contributed by atoms with Crippen LogP contribution in [0.3, 0.4) is 0 Å². The highest BCUT2D eigenvalue weighted by Gasteiger charge is 2.26. The van der Waals surface area contributed by atoms with Crippen molar-refractivity contribution in [2.24, 2.45) is 0 Å². The smallest absolute Gasteiger partial charge is 0.256 e. The SMILES string of the molecule is Cc1ccc(-n2cccc2)c(C(=O)N2CCC[C@H](n3ccnc3)C2)c1. The predicted octanol–water partition coefficient (Wildman–Crippen LogP) is 3.46. The molecule has 0 bridgehead atoms. The van der Waals surface area contributed by atoms with Crippen molar-refractivity contribution < 1.29 is 4.79 Å². The van der Waals surface area contributed by atoms with Gasteiger partial charge in [-0.05, 0) is 44.0 Å². The van der Waals surface area contributed by atoms with Crippen LogP contribution in [0.4, 0.5) is 0 Å². The Morgan fingerprint density at radius 3 is 2.80 bits per heavy atom. The maximum atomic E-state index is 13.3. The molecule has 0 saturated carbocycles. The molecule has 1 amide bonds. The summed E-state index contributed by atoms with van der Waals surface area (Å²) < 4.78 is 4.12. The first-order chi connectivity index (χ1) is 12.2. The number of carbonyl (C=O) groups excluding carboxylic acids is 1. The van der Waals surface area contributed by atoms with Crippen LogP contribution in [-0.2, 0) is 0 Å². The quantitative estimate of drug-likeness (QED) is 0.736. The third kappa shape index (κ3) is 3.09. The molecule has 0 aliphatic carbocycles. The van der Waals surface area contributed by atoms with E-state index < -0.39 is 0 Å². The number of likely N-dealkylation sites (tertiary alicyclic amines) is 1. The molecule has 1 aliphatic heterocycles. The first kappa shape index (κ1) is 15.7. The summed E-state index contributed by atoms with van der Waals surface area (Å²) in [5.41, 5.74) is 2.80. The Morgan fingerprint density at radius 2 is 2.04 bits per heavy atom. The monoisotopic (exact) mass is 334 g/mol. The van der Waals surface area contributed by atoms with Crippen molar-refractivity contribution in [3.05, 3.63) is 72.6 Å². The summed E-state index contributed by atoms with van der Waals surface area (Å²) in [5.74, 6) is 0.109. The minimum Gasteiger partial charge on any atom is -0.337 e. The Bertz CT molecular complexity index is 852. The van der Waals surface area contributed by atoms with Crippen molar-refractivity contribution in [1.29, 1.82) is 0 Å². The van der Waals surface area contributed by atoms with Crippen molar-refractivity contribution in [2.75, 3.05) is 13.1 Å². The minimum atomic E-state index is 0.109. The molecular weight excluding hydrogens is 312 g/mol. The molecule has 3 heterocycles. The summed E-state index contributed by atoms with van der Waals surface area (Å²) in [6, 6.07) is 10.3. The van der Waals surface area contributed by atoms with Crippen molar-refractivity contribution in [3.8, 4) is 5.69 Å². The normalized spacial score (nSPS) is 17.6. The topological polar surface area (TPSA) is 43.1 Å². The lowest BCUT2D eigenvalue weighted by molar-refractivity contribution is 0.0679. The fourth-order valence-corrected chi connectivity index (χ4v) is 3.58. The van der Waals surface area contributed by atoms with Gasteiger partial charge in [-0.15, -0.1) is 0 Å². The number of carbonyl (C=O) groups is 1. The van der Waals surface area contributed by atoms with Gasteiger partial charge < -0.3 is 14.0 Å². The Morgan fingerprint density at radius 1 is 1.20 bits per heavy atom. The van der Waals surface area contributed by atoms with Gasteiger partial charge in [-0.2, -0.15) is 0 Å².